The van der Waals surface area contributed by atoms with Crippen LogP contribution in [0.5, 0.6) is 0 Å². The lowest BCUT2D eigenvalue weighted by Gasteiger charge is -2.16. The summed E-state index contributed by atoms with van der Waals surface area (Å²) in [5.41, 5.74) is 0.391. The molecule has 0 atom stereocenters. The Labute approximate surface area is 130 Å². The molecule has 2 heterocycles. The van der Waals surface area contributed by atoms with Gasteiger partial charge in [-0.25, -0.2) is 9.97 Å². The normalized spacial score (nSPS) is 11.7. The van der Waals surface area contributed by atoms with E-state index in [-0.39, 0.29) is 17.9 Å². The molecule has 0 aliphatic rings. The number of hydrogen-bond acceptors (Lipinski definition) is 4. The average molecular weight is 319 g/mol. The molecular formula is C15H15F2N5O. The fourth-order valence-electron chi connectivity index (χ4n) is 2.41. The molecule has 0 spiro atoms. The second kappa shape index (κ2) is 6.25. The standard InChI is InChI=1S/C15H15F2N5O/c1-21(9-13-18-6-7-22(13)15(16)17)8-12-19-11-5-3-2-4-10(11)14(23)20-12/h2-7,15H,8-9H2,1H3,(H,19,20,23). The predicted molar refractivity (Wildman–Crippen MR) is 81.0 cm³/mol. The summed E-state index contributed by atoms with van der Waals surface area (Å²) in [5.74, 6) is 0.733. The van der Waals surface area contributed by atoms with E-state index in [2.05, 4.69) is 15.0 Å². The molecule has 0 aliphatic carbocycles. The number of benzene rings is 1. The van der Waals surface area contributed by atoms with Gasteiger partial charge >= 0.3 is 6.55 Å². The number of fused-ring (bicyclic) bond motifs is 1. The number of rotatable bonds is 5. The molecule has 1 aromatic carbocycles. The van der Waals surface area contributed by atoms with Crippen LogP contribution < -0.4 is 5.56 Å². The van der Waals surface area contributed by atoms with Crippen LogP contribution in [-0.4, -0.2) is 31.5 Å². The SMILES string of the molecule is CN(Cc1nc2ccccc2c(=O)[nH]1)Cc1nccn1C(F)F. The zero-order valence-electron chi connectivity index (χ0n) is 12.4. The van der Waals surface area contributed by atoms with Crippen LogP contribution in [0.25, 0.3) is 10.9 Å². The van der Waals surface area contributed by atoms with Gasteiger partial charge in [-0.05, 0) is 19.2 Å². The van der Waals surface area contributed by atoms with Gasteiger partial charge in [0.25, 0.3) is 5.56 Å². The van der Waals surface area contributed by atoms with E-state index in [1.54, 1.807) is 30.1 Å². The highest BCUT2D eigenvalue weighted by Gasteiger charge is 2.14. The number of nitrogens with one attached hydrogen (secondary N) is 1. The Hall–Kier alpha value is -2.61. The van der Waals surface area contributed by atoms with Crippen molar-refractivity contribution in [3.05, 3.63) is 58.7 Å². The van der Waals surface area contributed by atoms with Gasteiger partial charge in [-0.15, -0.1) is 0 Å². The van der Waals surface area contributed by atoms with Crippen LogP contribution >= 0.6 is 0 Å². The fourth-order valence-corrected chi connectivity index (χ4v) is 2.41. The molecule has 1 N–H and O–H groups in total. The maximum absolute atomic E-state index is 12.8. The molecule has 0 unspecified atom stereocenters. The van der Waals surface area contributed by atoms with E-state index in [9.17, 15) is 13.6 Å². The number of H-pyrrole nitrogens is 1. The molecule has 0 aliphatic heterocycles. The third-order valence-electron chi connectivity index (χ3n) is 3.45. The van der Waals surface area contributed by atoms with E-state index in [1.807, 2.05) is 6.07 Å². The highest BCUT2D eigenvalue weighted by molar-refractivity contribution is 5.77. The molecule has 2 aromatic heterocycles. The predicted octanol–water partition coefficient (Wildman–Crippen LogP) is 2.15. The number of hydrogen-bond donors (Lipinski definition) is 1. The van der Waals surface area contributed by atoms with Crippen molar-refractivity contribution < 1.29 is 8.78 Å². The van der Waals surface area contributed by atoms with Crippen LogP contribution in [0.2, 0.25) is 0 Å². The van der Waals surface area contributed by atoms with Crippen LogP contribution in [0, 0.1) is 0 Å². The minimum Gasteiger partial charge on any atom is -0.309 e. The number of halogens is 2. The molecule has 0 saturated heterocycles. The molecule has 3 aromatic rings. The smallest absolute Gasteiger partial charge is 0.309 e. The maximum atomic E-state index is 12.8. The van der Waals surface area contributed by atoms with Crippen molar-refractivity contribution in [3.63, 3.8) is 0 Å². The zero-order valence-corrected chi connectivity index (χ0v) is 12.4. The van der Waals surface area contributed by atoms with E-state index >= 15 is 0 Å². The molecule has 3 rings (SSSR count). The molecular weight excluding hydrogens is 304 g/mol. The van der Waals surface area contributed by atoms with Crippen molar-refractivity contribution in [2.45, 2.75) is 19.6 Å². The number of nitrogens with zero attached hydrogens (tertiary/aromatic N) is 4. The monoisotopic (exact) mass is 319 g/mol. The first kappa shape index (κ1) is 15.3. The molecule has 0 bridgehead atoms. The van der Waals surface area contributed by atoms with E-state index in [0.717, 1.165) is 4.57 Å². The number of imidazole rings is 1. The molecule has 23 heavy (non-hydrogen) atoms. The minimum atomic E-state index is -2.63. The van der Waals surface area contributed by atoms with Gasteiger partial charge in [0.15, 0.2) is 0 Å². The Bertz CT molecular complexity index is 873. The lowest BCUT2D eigenvalue weighted by molar-refractivity contribution is 0.0644. The van der Waals surface area contributed by atoms with Crippen LogP contribution in [0.15, 0.2) is 41.5 Å². The van der Waals surface area contributed by atoms with Gasteiger partial charge in [0.2, 0.25) is 0 Å². The summed E-state index contributed by atoms with van der Waals surface area (Å²) in [7, 11) is 1.75. The van der Waals surface area contributed by atoms with Crippen molar-refractivity contribution in [2.75, 3.05) is 7.05 Å². The Morgan fingerprint density at radius 3 is 2.87 bits per heavy atom. The summed E-state index contributed by atoms with van der Waals surface area (Å²) >= 11 is 0. The summed E-state index contributed by atoms with van der Waals surface area (Å²) in [6.07, 6.45) is 2.58. The number of aromatic amines is 1. The molecule has 120 valence electrons. The van der Waals surface area contributed by atoms with Crippen LogP contribution in [-0.2, 0) is 13.1 Å². The second-order valence-electron chi connectivity index (χ2n) is 5.23. The highest BCUT2D eigenvalue weighted by atomic mass is 19.3. The lowest BCUT2D eigenvalue weighted by Crippen LogP contribution is -2.23. The van der Waals surface area contributed by atoms with Gasteiger partial charge < -0.3 is 4.98 Å². The van der Waals surface area contributed by atoms with Crippen molar-refractivity contribution in [2.24, 2.45) is 0 Å². The van der Waals surface area contributed by atoms with Gasteiger partial charge in [0.1, 0.15) is 11.6 Å². The summed E-state index contributed by atoms with van der Waals surface area (Å²) < 4.78 is 26.4. The molecule has 0 fully saturated rings. The Morgan fingerprint density at radius 1 is 1.30 bits per heavy atom. The Balaban J connectivity index is 1.79. The maximum Gasteiger partial charge on any atom is 0.319 e. The molecule has 0 amide bonds. The topological polar surface area (TPSA) is 66.8 Å². The van der Waals surface area contributed by atoms with Gasteiger partial charge in [-0.3, -0.25) is 14.3 Å². The third-order valence-corrected chi connectivity index (χ3v) is 3.45. The van der Waals surface area contributed by atoms with Gasteiger partial charge in [-0.2, -0.15) is 8.78 Å². The third kappa shape index (κ3) is 3.26. The van der Waals surface area contributed by atoms with E-state index in [1.165, 1.54) is 12.4 Å². The molecule has 0 saturated carbocycles. The van der Waals surface area contributed by atoms with Gasteiger partial charge in [-0.1, -0.05) is 12.1 Å². The van der Waals surface area contributed by atoms with Crippen LogP contribution in [0.4, 0.5) is 8.78 Å². The quantitative estimate of drug-likeness (QED) is 0.782. The largest absolute Gasteiger partial charge is 0.319 e. The van der Waals surface area contributed by atoms with Crippen LogP contribution in [0.1, 0.15) is 18.2 Å². The summed E-state index contributed by atoms with van der Waals surface area (Å²) in [6, 6.07) is 7.04. The van der Waals surface area contributed by atoms with E-state index in [0.29, 0.717) is 23.3 Å². The highest BCUT2D eigenvalue weighted by Crippen LogP contribution is 2.14. The Kier molecular flexibility index (Phi) is 4.16. The van der Waals surface area contributed by atoms with Gasteiger partial charge in [0, 0.05) is 12.4 Å². The molecule has 0 radical (unpaired) electrons. The zero-order chi connectivity index (χ0) is 16.4. The Morgan fingerprint density at radius 2 is 2.09 bits per heavy atom. The minimum absolute atomic E-state index is 0.215. The fraction of sp³-hybridized carbons (Fsp3) is 0.267. The van der Waals surface area contributed by atoms with Gasteiger partial charge in [0.05, 0.1) is 24.0 Å². The summed E-state index contributed by atoms with van der Waals surface area (Å²) in [5, 5.41) is 0.521. The van der Waals surface area contributed by atoms with Crippen molar-refractivity contribution in [1.82, 2.24) is 24.4 Å². The van der Waals surface area contributed by atoms with Crippen molar-refractivity contribution >= 4 is 10.9 Å². The van der Waals surface area contributed by atoms with E-state index < -0.39 is 6.55 Å². The second-order valence-corrected chi connectivity index (χ2v) is 5.23. The summed E-state index contributed by atoms with van der Waals surface area (Å²) in [4.78, 5) is 24.8. The number of aromatic nitrogens is 4. The van der Waals surface area contributed by atoms with Crippen molar-refractivity contribution in [3.8, 4) is 0 Å². The summed E-state index contributed by atoms with van der Waals surface area (Å²) in [6.45, 7) is -2.09. The first-order valence-electron chi connectivity index (χ1n) is 7.01. The lowest BCUT2D eigenvalue weighted by atomic mass is 10.2. The molecule has 8 heteroatoms. The number of para-hydroxylation sites is 1. The van der Waals surface area contributed by atoms with E-state index in [4.69, 9.17) is 0 Å². The molecule has 6 nitrogen and oxygen atoms in total. The first-order valence-corrected chi connectivity index (χ1v) is 7.01. The van der Waals surface area contributed by atoms with Crippen LogP contribution in [0.3, 0.4) is 0 Å². The average Bonchev–Trinajstić information content (AvgIpc) is 2.95. The van der Waals surface area contributed by atoms with Crippen molar-refractivity contribution in [1.29, 1.82) is 0 Å². The first-order chi connectivity index (χ1) is 11.0. The number of alkyl halides is 2.